The molecule has 0 saturated heterocycles. The van der Waals surface area contributed by atoms with Crippen LogP contribution in [0.2, 0.25) is 0 Å². The summed E-state index contributed by atoms with van der Waals surface area (Å²) < 4.78 is 18.7. The Morgan fingerprint density at radius 2 is 2.00 bits per heavy atom. The van der Waals surface area contributed by atoms with Crippen LogP contribution >= 0.6 is 24.0 Å². The Morgan fingerprint density at radius 1 is 1.27 bits per heavy atom. The topological polar surface area (TPSA) is 62.7 Å². The summed E-state index contributed by atoms with van der Waals surface area (Å²) in [6.45, 7) is 4.08. The quantitative estimate of drug-likeness (QED) is 0.188. The van der Waals surface area contributed by atoms with Crippen molar-refractivity contribution in [2.75, 3.05) is 26.7 Å². The van der Waals surface area contributed by atoms with Gasteiger partial charge in [0.1, 0.15) is 5.82 Å². The van der Waals surface area contributed by atoms with Crippen LogP contribution in [-0.2, 0) is 14.9 Å². The number of nitrogens with one attached hydrogen (secondary N) is 2. The Kier molecular flexibility index (Phi) is 9.90. The maximum Gasteiger partial charge on any atom is 0.305 e. The van der Waals surface area contributed by atoms with Crippen LogP contribution in [0.3, 0.4) is 0 Å². The summed E-state index contributed by atoms with van der Waals surface area (Å²) in [5.74, 6) is 0.417. The van der Waals surface area contributed by atoms with E-state index in [1.54, 1.807) is 6.07 Å². The minimum Gasteiger partial charge on any atom is -0.469 e. The van der Waals surface area contributed by atoms with E-state index in [0.717, 1.165) is 50.3 Å². The van der Waals surface area contributed by atoms with Gasteiger partial charge in [-0.1, -0.05) is 18.2 Å². The first-order valence-corrected chi connectivity index (χ1v) is 8.95. The average molecular weight is 477 g/mol. The molecule has 0 aromatic heterocycles. The van der Waals surface area contributed by atoms with Crippen molar-refractivity contribution in [2.45, 2.75) is 44.4 Å². The van der Waals surface area contributed by atoms with Crippen LogP contribution in [0.5, 0.6) is 0 Å². The van der Waals surface area contributed by atoms with E-state index in [2.05, 4.69) is 20.4 Å². The van der Waals surface area contributed by atoms with E-state index in [4.69, 9.17) is 0 Å². The second-order valence-corrected chi connectivity index (χ2v) is 6.42. The SMILES string of the molecule is CCNC(=NCC1(c2ccccc2F)CC1)NCCCCC(=O)OC.I. The monoisotopic (exact) mass is 477 g/mol. The third-order valence-corrected chi connectivity index (χ3v) is 4.51. The molecule has 0 aliphatic heterocycles. The Labute approximate surface area is 172 Å². The Bertz CT molecular complexity index is 606. The van der Waals surface area contributed by atoms with E-state index in [1.165, 1.54) is 13.2 Å². The standard InChI is InChI=1S/C19H28FN3O2.HI/c1-3-21-18(22-13-7-6-10-17(24)25-2)23-14-19(11-12-19)15-8-4-5-9-16(15)20;/h4-5,8-9H,3,6-7,10-14H2,1-2H3,(H2,21,22,23);1H. The molecule has 1 aromatic rings. The van der Waals surface area contributed by atoms with Crippen LogP contribution in [0.25, 0.3) is 0 Å². The fourth-order valence-corrected chi connectivity index (χ4v) is 2.83. The summed E-state index contributed by atoms with van der Waals surface area (Å²) in [5.41, 5.74) is 0.617. The Morgan fingerprint density at radius 3 is 2.62 bits per heavy atom. The molecule has 2 rings (SSSR count). The zero-order chi connectivity index (χ0) is 18.1. The van der Waals surface area contributed by atoms with Gasteiger partial charge in [0.2, 0.25) is 0 Å². The van der Waals surface area contributed by atoms with Gasteiger partial charge in [0, 0.05) is 24.9 Å². The molecule has 1 saturated carbocycles. The van der Waals surface area contributed by atoms with Gasteiger partial charge in [-0.15, -0.1) is 24.0 Å². The van der Waals surface area contributed by atoms with Gasteiger partial charge in [-0.3, -0.25) is 9.79 Å². The lowest BCUT2D eigenvalue weighted by atomic mass is 9.95. The molecule has 2 N–H and O–H groups in total. The van der Waals surface area contributed by atoms with Crippen molar-refractivity contribution in [3.05, 3.63) is 35.6 Å². The average Bonchev–Trinajstić information content (AvgIpc) is 3.40. The molecule has 1 aromatic carbocycles. The molecule has 0 atom stereocenters. The highest BCUT2D eigenvalue weighted by Gasteiger charge is 2.45. The molecule has 0 amide bonds. The molecule has 5 nitrogen and oxygen atoms in total. The van der Waals surface area contributed by atoms with E-state index >= 15 is 0 Å². The summed E-state index contributed by atoms with van der Waals surface area (Å²) >= 11 is 0. The summed E-state index contributed by atoms with van der Waals surface area (Å²) in [7, 11) is 1.40. The first kappa shape index (κ1) is 22.7. The molecular weight excluding hydrogens is 448 g/mol. The molecule has 1 aliphatic rings. The second-order valence-electron chi connectivity index (χ2n) is 6.42. The molecule has 0 bridgehead atoms. The van der Waals surface area contributed by atoms with Crippen LogP contribution in [0.1, 0.15) is 44.6 Å². The van der Waals surface area contributed by atoms with Crippen molar-refractivity contribution in [2.24, 2.45) is 4.99 Å². The molecule has 0 heterocycles. The highest BCUT2D eigenvalue weighted by atomic mass is 127. The predicted molar refractivity (Wildman–Crippen MR) is 113 cm³/mol. The van der Waals surface area contributed by atoms with Crippen molar-refractivity contribution < 1.29 is 13.9 Å². The van der Waals surface area contributed by atoms with E-state index in [9.17, 15) is 9.18 Å². The van der Waals surface area contributed by atoms with Gasteiger partial charge in [-0.2, -0.15) is 0 Å². The van der Waals surface area contributed by atoms with E-state index < -0.39 is 0 Å². The molecular formula is C19H29FIN3O2. The van der Waals surface area contributed by atoms with E-state index in [1.807, 2.05) is 19.1 Å². The van der Waals surface area contributed by atoms with Gasteiger partial charge in [0.05, 0.1) is 13.7 Å². The molecule has 26 heavy (non-hydrogen) atoms. The molecule has 0 radical (unpaired) electrons. The van der Waals surface area contributed by atoms with Crippen molar-refractivity contribution in [1.82, 2.24) is 10.6 Å². The Hall–Kier alpha value is -1.38. The second kappa shape index (κ2) is 11.4. The summed E-state index contributed by atoms with van der Waals surface area (Å²) in [4.78, 5) is 15.7. The number of unbranched alkanes of at least 4 members (excludes halogenated alkanes) is 1. The highest BCUT2D eigenvalue weighted by molar-refractivity contribution is 14.0. The fourth-order valence-electron chi connectivity index (χ4n) is 2.83. The number of aliphatic imine (C=N–C) groups is 1. The number of carbonyl (C=O) groups excluding carboxylic acids is 1. The number of carbonyl (C=O) groups is 1. The van der Waals surface area contributed by atoms with Crippen molar-refractivity contribution in [1.29, 1.82) is 0 Å². The third kappa shape index (κ3) is 6.74. The zero-order valence-corrected chi connectivity index (χ0v) is 17.8. The van der Waals surface area contributed by atoms with Gasteiger partial charge >= 0.3 is 5.97 Å². The number of esters is 1. The minimum absolute atomic E-state index is 0. The van der Waals surface area contributed by atoms with Crippen LogP contribution in [0.4, 0.5) is 4.39 Å². The number of halogens is 2. The third-order valence-electron chi connectivity index (χ3n) is 4.51. The smallest absolute Gasteiger partial charge is 0.305 e. The van der Waals surface area contributed by atoms with Gasteiger partial charge < -0.3 is 15.4 Å². The highest BCUT2D eigenvalue weighted by Crippen LogP contribution is 2.49. The largest absolute Gasteiger partial charge is 0.469 e. The maximum absolute atomic E-state index is 14.1. The molecule has 0 unspecified atom stereocenters. The fraction of sp³-hybridized carbons (Fsp3) is 0.579. The number of hydrogen-bond donors (Lipinski definition) is 2. The normalized spacial score (nSPS) is 15.0. The van der Waals surface area contributed by atoms with E-state index in [0.29, 0.717) is 13.0 Å². The first-order valence-electron chi connectivity index (χ1n) is 8.95. The van der Waals surface area contributed by atoms with Gasteiger partial charge in [0.15, 0.2) is 5.96 Å². The maximum atomic E-state index is 14.1. The van der Waals surface area contributed by atoms with Crippen molar-refractivity contribution in [3.63, 3.8) is 0 Å². The number of nitrogens with zero attached hydrogens (tertiary/aromatic N) is 1. The first-order chi connectivity index (χ1) is 12.1. The molecule has 1 fully saturated rings. The zero-order valence-electron chi connectivity index (χ0n) is 15.5. The molecule has 1 aliphatic carbocycles. The lowest BCUT2D eigenvalue weighted by Crippen LogP contribution is -2.38. The number of guanidine groups is 1. The number of methoxy groups -OCH3 is 1. The van der Waals surface area contributed by atoms with Gasteiger partial charge in [-0.25, -0.2) is 4.39 Å². The minimum atomic E-state index is -0.180. The Balaban J connectivity index is 0.00000338. The van der Waals surface area contributed by atoms with Crippen molar-refractivity contribution >= 4 is 35.9 Å². The lowest BCUT2D eigenvalue weighted by molar-refractivity contribution is -0.140. The number of ether oxygens (including phenoxy) is 1. The molecule has 146 valence electrons. The van der Waals surface area contributed by atoms with Crippen LogP contribution in [0, 0.1) is 5.82 Å². The lowest BCUT2D eigenvalue weighted by Gasteiger charge is -2.16. The summed E-state index contributed by atoms with van der Waals surface area (Å²) in [6.07, 6.45) is 4.00. The molecule has 7 heteroatoms. The van der Waals surface area contributed by atoms with Crippen LogP contribution < -0.4 is 10.6 Å². The van der Waals surface area contributed by atoms with Crippen LogP contribution in [0.15, 0.2) is 29.3 Å². The van der Waals surface area contributed by atoms with Gasteiger partial charge in [-0.05, 0) is 44.2 Å². The van der Waals surface area contributed by atoms with Crippen molar-refractivity contribution in [3.8, 4) is 0 Å². The number of rotatable bonds is 9. The van der Waals surface area contributed by atoms with Gasteiger partial charge in [0.25, 0.3) is 0 Å². The number of benzene rings is 1. The molecule has 0 spiro atoms. The van der Waals surface area contributed by atoms with E-state index in [-0.39, 0.29) is 41.2 Å². The summed E-state index contributed by atoms with van der Waals surface area (Å²) in [5, 5.41) is 6.49. The van der Waals surface area contributed by atoms with Crippen LogP contribution in [-0.4, -0.2) is 38.7 Å². The predicted octanol–water partition coefficient (Wildman–Crippen LogP) is 3.37. The summed E-state index contributed by atoms with van der Waals surface area (Å²) in [6, 6.07) is 6.99. The number of hydrogen-bond acceptors (Lipinski definition) is 3.